The number of hydrogen-bond acceptors (Lipinski definition) is 2. The van der Waals surface area contributed by atoms with E-state index < -0.39 is 6.36 Å². The Labute approximate surface area is 124 Å². The topological polar surface area (TPSA) is 35.2 Å². The fraction of sp³-hybridized carbons (Fsp3) is 0.625. The fourth-order valence-electron chi connectivity index (χ4n) is 2.45. The van der Waals surface area contributed by atoms with E-state index in [1.165, 1.54) is 12.1 Å². The second-order valence-corrected chi connectivity index (χ2v) is 5.98. The lowest BCUT2D eigenvalue weighted by Crippen LogP contribution is -2.22. The third kappa shape index (κ3) is 7.95. The number of aryl methyl sites for hydroxylation is 2. The van der Waals surface area contributed by atoms with Crippen molar-refractivity contribution in [3.8, 4) is 5.75 Å². The fourth-order valence-corrected chi connectivity index (χ4v) is 2.45. The molecule has 21 heavy (non-hydrogen) atoms. The molecule has 0 fully saturated rings. The lowest BCUT2D eigenvalue weighted by atomic mass is 9.98. The highest BCUT2D eigenvalue weighted by molar-refractivity contribution is 5.34. The summed E-state index contributed by atoms with van der Waals surface area (Å²) in [6.07, 6.45) is -1.23. The molecule has 1 aromatic rings. The van der Waals surface area contributed by atoms with Crippen LogP contribution in [0, 0.1) is 12.8 Å². The van der Waals surface area contributed by atoms with Crippen molar-refractivity contribution in [1.82, 2.24) is 0 Å². The molecule has 0 spiro atoms. The highest BCUT2D eigenvalue weighted by atomic mass is 19.4. The van der Waals surface area contributed by atoms with E-state index >= 15 is 0 Å². The van der Waals surface area contributed by atoms with Gasteiger partial charge in [0, 0.05) is 6.04 Å². The normalized spacial score (nSPS) is 13.5. The van der Waals surface area contributed by atoms with Crippen molar-refractivity contribution in [3.63, 3.8) is 0 Å². The third-order valence-corrected chi connectivity index (χ3v) is 3.16. The van der Waals surface area contributed by atoms with Crippen LogP contribution in [0.15, 0.2) is 18.2 Å². The molecule has 0 aliphatic carbocycles. The number of nitrogens with two attached hydrogens (primary N) is 1. The van der Waals surface area contributed by atoms with Gasteiger partial charge in [-0.1, -0.05) is 19.9 Å². The van der Waals surface area contributed by atoms with Gasteiger partial charge < -0.3 is 10.5 Å². The summed E-state index contributed by atoms with van der Waals surface area (Å²) >= 11 is 0. The van der Waals surface area contributed by atoms with Gasteiger partial charge >= 0.3 is 6.36 Å². The summed E-state index contributed by atoms with van der Waals surface area (Å²) in [7, 11) is 0. The molecule has 0 saturated heterocycles. The number of halogens is 3. The van der Waals surface area contributed by atoms with Gasteiger partial charge in [-0.2, -0.15) is 0 Å². The highest BCUT2D eigenvalue weighted by Gasteiger charge is 2.31. The third-order valence-electron chi connectivity index (χ3n) is 3.16. The van der Waals surface area contributed by atoms with Crippen LogP contribution in [0.5, 0.6) is 5.75 Å². The smallest absolute Gasteiger partial charge is 0.406 e. The second kappa shape index (κ2) is 7.69. The van der Waals surface area contributed by atoms with Gasteiger partial charge in [0.05, 0.1) is 0 Å². The first-order valence-electron chi connectivity index (χ1n) is 7.27. The monoisotopic (exact) mass is 303 g/mol. The van der Waals surface area contributed by atoms with Crippen LogP contribution in [0.2, 0.25) is 0 Å². The SMILES string of the molecule is Cc1cc(CCC[C@@H](N)CC(C)C)cc(OC(F)(F)F)c1. The van der Waals surface area contributed by atoms with E-state index in [-0.39, 0.29) is 11.8 Å². The lowest BCUT2D eigenvalue weighted by Gasteiger charge is -2.14. The summed E-state index contributed by atoms with van der Waals surface area (Å²) in [5.41, 5.74) is 7.62. The van der Waals surface area contributed by atoms with Gasteiger partial charge in [-0.15, -0.1) is 13.2 Å². The van der Waals surface area contributed by atoms with E-state index in [0.29, 0.717) is 12.3 Å². The number of rotatable bonds is 7. The first kappa shape index (κ1) is 17.8. The molecule has 120 valence electrons. The van der Waals surface area contributed by atoms with E-state index in [1.807, 2.05) is 6.07 Å². The van der Waals surface area contributed by atoms with Crippen LogP contribution in [0.25, 0.3) is 0 Å². The number of ether oxygens (including phenoxy) is 1. The molecule has 0 heterocycles. The zero-order valence-electron chi connectivity index (χ0n) is 12.8. The summed E-state index contributed by atoms with van der Waals surface area (Å²) in [6.45, 7) is 6.01. The maximum absolute atomic E-state index is 12.2. The summed E-state index contributed by atoms with van der Waals surface area (Å²) in [4.78, 5) is 0. The minimum Gasteiger partial charge on any atom is -0.406 e. The molecule has 5 heteroatoms. The predicted octanol–water partition coefficient (Wildman–Crippen LogP) is 4.59. The Hall–Kier alpha value is -1.23. The van der Waals surface area contributed by atoms with Crippen molar-refractivity contribution in [2.24, 2.45) is 11.7 Å². The van der Waals surface area contributed by atoms with Crippen LogP contribution in [0.1, 0.15) is 44.2 Å². The molecule has 0 radical (unpaired) electrons. The molecular weight excluding hydrogens is 279 g/mol. The summed E-state index contributed by atoms with van der Waals surface area (Å²) in [5.74, 6) is 0.412. The largest absolute Gasteiger partial charge is 0.573 e. The van der Waals surface area contributed by atoms with E-state index in [2.05, 4.69) is 18.6 Å². The van der Waals surface area contributed by atoms with E-state index in [9.17, 15) is 13.2 Å². The van der Waals surface area contributed by atoms with Crippen LogP contribution >= 0.6 is 0 Å². The van der Waals surface area contributed by atoms with E-state index in [4.69, 9.17) is 5.73 Å². The van der Waals surface area contributed by atoms with Gasteiger partial charge in [0.15, 0.2) is 0 Å². The van der Waals surface area contributed by atoms with E-state index in [1.54, 1.807) is 6.92 Å². The lowest BCUT2D eigenvalue weighted by molar-refractivity contribution is -0.274. The van der Waals surface area contributed by atoms with Crippen LogP contribution < -0.4 is 10.5 Å². The maximum Gasteiger partial charge on any atom is 0.573 e. The quantitative estimate of drug-likeness (QED) is 0.799. The Bertz CT molecular complexity index is 444. The van der Waals surface area contributed by atoms with Crippen molar-refractivity contribution in [3.05, 3.63) is 29.3 Å². The molecule has 1 rings (SSSR count). The summed E-state index contributed by atoms with van der Waals surface area (Å²) < 4.78 is 40.7. The molecule has 0 aliphatic heterocycles. The summed E-state index contributed by atoms with van der Waals surface area (Å²) in [5, 5.41) is 0. The Morgan fingerprint density at radius 1 is 1.19 bits per heavy atom. The maximum atomic E-state index is 12.2. The Balaban J connectivity index is 2.55. The van der Waals surface area contributed by atoms with Gasteiger partial charge in [0.1, 0.15) is 5.75 Å². The highest BCUT2D eigenvalue weighted by Crippen LogP contribution is 2.25. The number of benzene rings is 1. The van der Waals surface area contributed by atoms with Crippen LogP contribution in [-0.4, -0.2) is 12.4 Å². The molecule has 1 aromatic carbocycles. The van der Waals surface area contributed by atoms with Gasteiger partial charge in [0.2, 0.25) is 0 Å². The minimum absolute atomic E-state index is 0.149. The molecule has 0 unspecified atom stereocenters. The average molecular weight is 303 g/mol. The number of alkyl halides is 3. The van der Waals surface area contributed by atoms with Gasteiger partial charge in [-0.05, 0) is 61.8 Å². The molecule has 0 aromatic heterocycles. The molecule has 0 amide bonds. The van der Waals surface area contributed by atoms with Crippen LogP contribution in [0.3, 0.4) is 0 Å². The molecular formula is C16H24F3NO. The molecule has 0 bridgehead atoms. The standard InChI is InChI=1S/C16H24F3NO/c1-11(2)7-14(20)6-4-5-13-8-12(3)9-15(10-13)21-16(17,18)19/h8-11,14H,4-7,20H2,1-3H3/t14-/m1/s1. The van der Waals surface area contributed by atoms with Crippen molar-refractivity contribution in [2.45, 2.75) is 58.9 Å². The van der Waals surface area contributed by atoms with Crippen molar-refractivity contribution in [1.29, 1.82) is 0 Å². The molecule has 0 saturated carbocycles. The van der Waals surface area contributed by atoms with Crippen molar-refractivity contribution >= 4 is 0 Å². The second-order valence-electron chi connectivity index (χ2n) is 5.98. The molecule has 1 atom stereocenters. The average Bonchev–Trinajstić information content (AvgIpc) is 2.24. The Kier molecular flexibility index (Phi) is 6.52. The molecule has 2 nitrogen and oxygen atoms in total. The van der Waals surface area contributed by atoms with Gasteiger partial charge in [0.25, 0.3) is 0 Å². The minimum atomic E-state index is -4.65. The molecule has 0 aliphatic rings. The van der Waals surface area contributed by atoms with Crippen LogP contribution in [0.4, 0.5) is 13.2 Å². The first-order valence-corrected chi connectivity index (χ1v) is 7.27. The number of hydrogen-bond donors (Lipinski definition) is 1. The Morgan fingerprint density at radius 3 is 2.43 bits per heavy atom. The van der Waals surface area contributed by atoms with Gasteiger partial charge in [-0.3, -0.25) is 0 Å². The first-order chi connectivity index (χ1) is 9.65. The molecule has 2 N–H and O–H groups in total. The van der Waals surface area contributed by atoms with Crippen molar-refractivity contribution in [2.75, 3.05) is 0 Å². The zero-order chi connectivity index (χ0) is 16.0. The van der Waals surface area contributed by atoms with Crippen molar-refractivity contribution < 1.29 is 17.9 Å². The predicted molar refractivity (Wildman–Crippen MR) is 78.2 cm³/mol. The van der Waals surface area contributed by atoms with Crippen LogP contribution in [-0.2, 0) is 6.42 Å². The summed E-state index contributed by atoms with van der Waals surface area (Å²) in [6, 6.07) is 4.88. The van der Waals surface area contributed by atoms with E-state index in [0.717, 1.165) is 30.4 Å². The zero-order valence-corrected chi connectivity index (χ0v) is 12.8. The Morgan fingerprint density at radius 2 is 1.86 bits per heavy atom. The van der Waals surface area contributed by atoms with Gasteiger partial charge in [-0.25, -0.2) is 0 Å².